The van der Waals surface area contributed by atoms with Crippen LogP contribution in [0.3, 0.4) is 0 Å². The first-order chi connectivity index (χ1) is 9.04. The van der Waals surface area contributed by atoms with Crippen LogP contribution in [0.5, 0.6) is 0 Å². The smallest absolute Gasteiger partial charge is 0.0631 e. The van der Waals surface area contributed by atoms with E-state index in [1.54, 1.807) is 0 Å². The summed E-state index contributed by atoms with van der Waals surface area (Å²) in [5.74, 6) is 0.443. The van der Waals surface area contributed by atoms with Crippen LogP contribution in [0.25, 0.3) is 0 Å². The lowest BCUT2D eigenvalue weighted by Crippen LogP contribution is -2.46. The van der Waals surface area contributed by atoms with Crippen molar-refractivity contribution in [2.45, 2.75) is 70.9 Å². The minimum atomic E-state index is -0.152. The molecule has 2 N–H and O–H groups in total. The Labute approximate surface area is 118 Å². The summed E-state index contributed by atoms with van der Waals surface area (Å²) in [6.45, 7) is 6.96. The average Bonchev–Trinajstić information content (AvgIpc) is 2.80. The van der Waals surface area contributed by atoms with E-state index in [0.29, 0.717) is 18.6 Å². The lowest BCUT2D eigenvalue weighted by molar-refractivity contribution is -0.0444. The highest BCUT2D eigenvalue weighted by molar-refractivity contribution is 4.91. The predicted octanol–water partition coefficient (Wildman–Crippen LogP) is 2.41. The van der Waals surface area contributed by atoms with Gasteiger partial charge in [0, 0.05) is 19.2 Å². The first-order valence-corrected chi connectivity index (χ1v) is 8.07. The van der Waals surface area contributed by atoms with Crippen molar-refractivity contribution in [1.82, 2.24) is 4.90 Å². The molecule has 2 rings (SSSR count). The highest BCUT2D eigenvalue weighted by Crippen LogP contribution is 2.40. The fourth-order valence-electron chi connectivity index (χ4n) is 4.05. The fraction of sp³-hybridized carbons (Fsp3) is 1.00. The molecule has 0 aromatic carbocycles. The van der Waals surface area contributed by atoms with Gasteiger partial charge in [0.05, 0.1) is 6.10 Å². The third kappa shape index (κ3) is 3.71. The average molecular weight is 269 g/mol. The molecular weight excluding hydrogens is 238 g/mol. The van der Waals surface area contributed by atoms with Crippen molar-refractivity contribution in [3.63, 3.8) is 0 Å². The lowest BCUT2D eigenvalue weighted by Gasteiger charge is -2.43. The normalized spacial score (nSPS) is 35.7. The van der Waals surface area contributed by atoms with E-state index in [-0.39, 0.29) is 11.5 Å². The topological polar surface area (TPSA) is 43.7 Å². The Bertz CT molecular complexity index is 280. The lowest BCUT2D eigenvalue weighted by atomic mass is 9.69. The molecule has 0 bridgehead atoms. The molecule has 1 aliphatic heterocycles. The number of rotatable bonds is 5. The summed E-state index contributed by atoms with van der Waals surface area (Å²) in [6.07, 6.45) is 8.01. The van der Waals surface area contributed by atoms with Crippen LogP contribution < -0.4 is 0 Å². The van der Waals surface area contributed by atoms with E-state index < -0.39 is 0 Å². The molecule has 0 amide bonds. The molecule has 0 aromatic rings. The molecule has 0 aromatic heterocycles. The fourth-order valence-corrected chi connectivity index (χ4v) is 4.05. The predicted molar refractivity (Wildman–Crippen MR) is 78.0 cm³/mol. The summed E-state index contributed by atoms with van der Waals surface area (Å²) in [7, 11) is 0. The SMILES string of the molecule is CC1(C)CCCC(CN2CCCC2CCCO)C1O. The van der Waals surface area contributed by atoms with Crippen LogP contribution in [0, 0.1) is 11.3 Å². The van der Waals surface area contributed by atoms with Gasteiger partial charge in [-0.3, -0.25) is 0 Å². The quantitative estimate of drug-likeness (QED) is 0.805. The van der Waals surface area contributed by atoms with E-state index in [4.69, 9.17) is 5.11 Å². The van der Waals surface area contributed by atoms with E-state index in [1.807, 2.05) is 0 Å². The van der Waals surface area contributed by atoms with Crippen LogP contribution in [0.4, 0.5) is 0 Å². The molecule has 0 radical (unpaired) electrons. The Morgan fingerprint density at radius 1 is 1.21 bits per heavy atom. The van der Waals surface area contributed by atoms with Gasteiger partial charge in [-0.15, -0.1) is 0 Å². The molecule has 3 nitrogen and oxygen atoms in total. The van der Waals surface area contributed by atoms with Gasteiger partial charge in [0.2, 0.25) is 0 Å². The van der Waals surface area contributed by atoms with Crippen molar-refractivity contribution in [1.29, 1.82) is 0 Å². The maximum Gasteiger partial charge on any atom is 0.0631 e. The van der Waals surface area contributed by atoms with Gasteiger partial charge in [0.15, 0.2) is 0 Å². The molecule has 1 heterocycles. The Hall–Kier alpha value is -0.120. The molecule has 2 aliphatic rings. The van der Waals surface area contributed by atoms with Crippen molar-refractivity contribution in [2.75, 3.05) is 19.7 Å². The molecule has 1 saturated heterocycles. The van der Waals surface area contributed by atoms with E-state index in [2.05, 4.69) is 18.7 Å². The zero-order valence-electron chi connectivity index (χ0n) is 12.6. The van der Waals surface area contributed by atoms with Gasteiger partial charge in [-0.1, -0.05) is 20.3 Å². The summed E-state index contributed by atoms with van der Waals surface area (Å²) in [4.78, 5) is 2.57. The summed E-state index contributed by atoms with van der Waals surface area (Å²) in [5.41, 5.74) is 0.0865. The van der Waals surface area contributed by atoms with Crippen LogP contribution in [-0.2, 0) is 0 Å². The van der Waals surface area contributed by atoms with Gasteiger partial charge in [-0.25, -0.2) is 0 Å². The van der Waals surface area contributed by atoms with Crippen molar-refractivity contribution in [2.24, 2.45) is 11.3 Å². The summed E-state index contributed by atoms with van der Waals surface area (Å²) in [5, 5.41) is 19.5. The third-order valence-corrected chi connectivity index (χ3v) is 5.31. The Morgan fingerprint density at radius 2 is 2.00 bits per heavy atom. The van der Waals surface area contributed by atoms with Crippen molar-refractivity contribution >= 4 is 0 Å². The minimum absolute atomic E-state index is 0.0865. The number of aliphatic hydroxyl groups excluding tert-OH is 2. The molecule has 1 aliphatic carbocycles. The van der Waals surface area contributed by atoms with Crippen molar-refractivity contribution in [3.8, 4) is 0 Å². The van der Waals surface area contributed by atoms with Crippen LogP contribution >= 0.6 is 0 Å². The van der Waals surface area contributed by atoms with E-state index in [0.717, 1.165) is 25.8 Å². The zero-order valence-corrected chi connectivity index (χ0v) is 12.6. The first-order valence-electron chi connectivity index (χ1n) is 8.07. The van der Waals surface area contributed by atoms with E-state index in [1.165, 1.54) is 32.2 Å². The standard InChI is InChI=1S/C16H31NO2/c1-16(2)9-3-6-13(15(16)19)12-17-10-4-7-14(17)8-5-11-18/h13-15,18-19H,3-12H2,1-2H3. The van der Waals surface area contributed by atoms with Gasteiger partial charge in [-0.05, 0) is 56.4 Å². The molecule has 3 atom stereocenters. The Balaban J connectivity index is 1.88. The van der Waals surface area contributed by atoms with Gasteiger partial charge < -0.3 is 15.1 Å². The Kier molecular flexibility index (Phi) is 5.27. The highest BCUT2D eigenvalue weighted by Gasteiger charge is 2.39. The highest BCUT2D eigenvalue weighted by atomic mass is 16.3. The van der Waals surface area contributed by atoms with Gasteiger partial charge in [-0.2, -0.15) is 0 Å². The van der Waals surface area contributed by atoms with Crippen LogP contribution in [0.2, 0.25) is 0 Å². The second-order valence-corrected chi connectivity index (χ2v) is 7.24. The summed E-state index contributed by atoms with van der Waals surface area (Å²) in [6, 6.07) is 0.643. The van der Waals surface area contributed by atoms with Crippen LogP contribution in [-0.4, -0.2) is 47.0 Å². The molecular formula is C16H31NO2. The molecule has 2 fully saturated rings. The number of hydrogen-bond donors (Lipinski definition) is 2. The van der Waals surface area contributed by atoms with Gasteiger partial charge in [0.1, 0.15) is 0 Å². The number of aliphatic hydroxyl groups is 2. The molecule has 112 valence electrons. The van der Waals surface area contributed by atoms with Crippen LogP contribution in [0.1, 0.15) is 58.8 Å². The van der Waals surface area contributed by atoms with Gasteiger partial charge >= 0.3 is 0 Å². The number of nitrogens with zero attached hydrogens (tertiary/aromatic N) is 1. The second kappa shape index (κ2) is 6.55. The zero-order chi connectivity index (χ0) is 13.9. The summed E-state index contributed by atoms with van der Waals surface area (Å²) < 4.78 is 0. The minimum Gasteiger partial charge on any atom is -0.396 e. The molecule has 3 heteroatoms. The number of likely N-dealkylation sites (tertiary alicyclic amines) is 1. The number of hydrogen-bond acceptors (Lipinski definition) is 3. The maximum atomic E-state index is 10.6. The Morgan fingerprint density at radius 3 is 2.74 bits per heavy atom. The third-order valence-electron chi connectivity index (χ3n) is 5.31. The second-order valence-electron chi connectivity index (χ2n) is 7.24. The molecule has 0 spiro atoms. The molecule has 19 heavy (non-hydrogen) atoms. The maximum absolute atomic E-state index is 10.6. The van der Waals surface area contributed by atoms with Crippen molar-refractivity contribution in [3.05, 3.63) is 0 Å². The monoisotopic (exact) mass is 269 g/mol. The first kappa shape index (κ1) is 15.3. The van der Waals surface area contributed by atoms with Gasteiger partial charge in [0.25, 0.3) is 0 Å². The largest absolute Gasteiger partial charge is 0.396 e. The molecule has 1 saturated carbocycles. The van der Waals surface area contributed by atoms with E-state index >= 15 is 0 Å². The van der Waals surface area contributed by atoms with Crippen molar-refractivity contribution < 1.29 is 10.2 Å². The molecule has 3 unspecified atom stereocenters. The van der Waals surface area contributed by atoms with E-state index in [9.17, 15) is 5.11 Å². The summed E-state index contributed by atoms with van der Waals surface area (Å²) >= 11 is 0. The van der Waals surface area contributed by atoms with Crippen LogP contribution in [0.15, 0.2) is 0 Å².